The van der Waals surface area contributed by atoms with E-state index in [1.165, 1.54) is 0 Å². The lowest BCUT2D eigenvalue weighted by Crippen LogP contribution is -2.09. The molecule has 2 aromatic rings. The zero-order valence-electron chi connectivity index (χ0n) is 10.1. The maximum atomic E-state index is 4.41. The van der Waals surface area contributed by atoms with Gasteiger partial charge in [-0.25, -0.2) is 4.98 Å². The van der Waals surface area contributed by atoms with Crippen LogP contribution in [-0.4, -0.2) is 21.5 Å². The molecule has 2 rings (SSSR count). The SMILES string of the molecule is Cc1cnc(C)c(NCCc2ccccn2)n1. The Hall–Kier alpha value is -1.97. The molecule has 2 heterocycles. The summed E-state index contributed by atoms with van der Waals surface area (Å²) in [7, 11) is 0. The van der Waals surface area contributed by atoms with E-state index in [0.29, 0.717) is 0 Å². The van der Waals surface area contributed by atoms with Crippen molar-refractivity contribution in [2.45, 2.75) is 20.3 Å². The Bertz CT molecular complexity index is 482. The summed E-state index contributed by atoms with van der Waals surface area (Å²) < 4.78 is 0. The number of aromatic nitrogens is 3. The number of rotatable bonds is 4. The molecule has 0 unspecified atom stereocenters. The van der Waals surface area contributed by atoms with Gasteiger partial charge in [0.25, 0.3) is 0 Å². The van der Waals surface area contributed by atoms with Gasteiger partial charge in [0.15, 0.2) is 0 Å². The second-order valence-corrected chi connectivity index (χ2v) is 3.94. The van der Waals surface area contributed by atoms with Crippen LogP contribution in [0.5, 0.6) is 0 Å². The van der Waals surface area contributed by atoms with Crippen LogP contribution in [0.1, 0.15) is 17.1 Å². The van der Waals surface area contributed by atoms with Crippen molar-refractivity contribution in [3.8, 4) is 0 Å². The van der Waals surface area contributed by atoms with Gasteiger partial charge in [-0.05, 0) is 26.0 Å². The number of hydrogen-bond acceptors (Lipinski definition) is 4. The molecule has 0 aliphatic heterocycles. The smallest absolute Gasteiger partial charge is 0.147 e. The highest BCUT2D eigenvalue weighted by Gasteiger charge is 2.01. The van der Waals surface area contributed by atoms with Gasteiger partial charge in [-0.2, -0.15) is 0 Å². The first kappa shape index (κ1) is 11.5. The topological polar surface area (TPSA) is 50.7 Å². The van der Waals surface area contributed by atoms with Crippen LogP contribution in [0, 0.1) is 13.8 Å². The van der Waals surface area contributed by atoms with Crippen molar-refractivity contribution in [3.63, 3.8) is 0 Å². The third kappa shape index (κ3) is 3.24. The molecule has 4 nitrogen and oxygen atoms in total. The Balaban J connectivity index is 1.92. The van der Waals surface area contributed by atoms with Crippen LogP contribution in [0.4, 0.5) is 5.82 Å². The Morgan fingerprint density at radius 2 is 2.06 bits per heavy atom. The van der Waals surface area contributed by atoms with Gasteiger partial charge >= 0.3 is 0 Å². The fourth-order valence-electron chi connectivity index (χ4n) is 1.56. The van der Waals surface area contributed by atoms with Crippen LogP contribution in [-0.2, 0) is 6.42 Å². The van der Waals surface area contributed by atoms with Crippen LogP contribution < -0.4 is 5.32 Å². The Morgan fingerprint density at radius 1 is 1.18 bits per heavy atom. The van der Waals surface area contributed by atoms with E-state index in [9.17, 15) is 0 Å². The van der Waals surface area contributed by atoms with Gasteiger partial charge in [-0.3, -0.25) is 9.97 Å². The van der Waals surface area contributed by atoms with Crippen LogP contribution >= 0.6 is 0 Å². The van der Waals surface area contributed by atoms with Crippen LogP contribution in [0.15, 0.2) is 30.6 Å². The first-order valence-electron chi connectivity index (χ1n) is 5.70. The van der Waals surface area contributed by atoms with E-state index >= 15 is 0 Å². The molecule has 2 aromatic heterocycles. The quantitative estimate of drug-likeness (QED) is 0.871. The van der Waals surface area contributed by atoms with Crippen molar-refractivity contribution in [2.24, 2.45) is 0 Å². The highest BCUT2D eigenvalue weighted by atomic mass is 15.0. The highest BCUT2D eigenvalue weighted by molar-refractivity contribution is 5.39. The van der Waals surface area contributed by atoms with Crippen molar-refractivity contribution in [1.29, 1.82) is 0 Å². The Labute approximate surface area is 101 Å². The third-order valence-corrected chi connectivity index (χ3v) is 2.48. The van der Waals surface area contributed by atoms with Crippen molar-refractivity contribution in [2.75, 3.05) is 11.9 Å². The lowest BCUT2D eigenvalue weighted by Gasteiger charge is -2.08. The maximum absolute atomic E-state index is 4.41. The predicted molar refractivity (Wildman–Crippen MR) is 67.9 cm³/mol. The molecule has 0 atom stereocenters. The Morgan fingerprint density at radius 3 is 2.82 bits per heavy atom. The van der Waals surface area contributed by atoms with E-state index < -0.39 is 0 Å². The van der Waals surface area contributed by atoms with Crippen LogP contribution in [0.3, 0.4) is 0 Å². The van der Waals surface area contributed by atoms with Gasteiger partial charge in [0, 0.05) is 31.1 Å². The summed E-state index contributed by atoms with van der Waals surface area (Å²) in [6.07, 6.45) is 4.47. The van der Waals surface area contributed by atoms with Crippen molar-refractivity contribution >= 4 is 5.82 Å². The molecule has 0 radical (unpaired) electrons. The number of aryl methyl sites for hydroxylation is 2. The van der Waals surface area contributed by atoms with E-state index in [2.05, 4.69) is 20.3 Å². The van der Waals surface area contributed by atoms with E-state index in [1.807, 2.05) is 38.2 Å². The molecule has 1 N–H and O–H groups in total. The largest absolute Gasteiger partial charge is 0.368 e. The predicted octanol–water partition coefficient (Wildman–Crippen LogP) is 2.14. The molecule has 0 fully saturated rings. The maximum Gasteiger partial charge on any atom is 0.147 e. The summed E-state index contributed by atoms with van der Waals surface area (Å²) in [6, 6.07) is 5.95. The summed E-state index contributed by atoms with van der Waals surface area (Å²) in [5, 5.41) is 3.29. The third-order valence-electron chi connectivity index (χ3n) is 2.48. The molecular weight excluding hydrogens is 212 g/mol. The summed E-state index contributed by atoms with van der Waals surface area (Å²) >= 11 is 0. The molecule has 0 aliphatic rings. The summed E-state index contributed by atoms with van der Waals surface area (Å²) in [5.74, 6) is 0.862. The average Bonchev–Trinajstić information content (AvgIpc) is 2.35. The van der Waals surface area contributed by atoms with Gasteiger partial charge in [0.05, 0.1) is 11.4 Å². The summed E-state index contributed by atoms with van der Waals surface area (Å²) in [6.45, 7) is 4.71. The molecule has 4 heteroatoms. The fraction of sp³-hybridized carbons (Fsp3) is 0.308. The molecule has 0 aromatic carbocycles. The molecule has 0 saturated heterocycles. The lowest BCUT2D eigenvalue weighted by molar-refractivity contribution is 0.939. The minimum atomic E-state index is 0.815. The average molecular weight is 228 g/mol. The first-order valence-corrected chi connectivity index (χ1v) is 5.70. The molecule has 0 spiro atoms. The number of hydrogen-bond donors (Lipinski definition) is 1. The number of pyridine rings is 1. The van der Waals surface area contributed by atoms with Gasteiger partial charge < -0.3 is 5.32 Å². The minimum Gasteiger partial charge on any atom is -0.368 e. The number of nitrogens with zero attached hydrogens (tertiary/aromatic N) is 3. The highest BCUT2D eigenvalue weighted by Crippen LogP contribution is 2.08. The monoisotopic (exact) mass is 228 g/mol. The van der Waals surface area contributed by atoms with E-state index in [0.717, 1.165) is 35.9 Å². The summed E-state index contributed by atoms with van der Waals surface area (Å²) in [5.41, 5.74) is 2.94. The van der Waals surface area contributed by atoms with Crippen LogP contribution in [0.2, 0.25) is 0 Å². The van der Waals surface area contributed by atoms with Gasteiger partial charge in [-0.1, -0.05) is 6.07 Å². The normalized spacial score (nSPS) is 10.2. The lowest BCUT2D eigenvalue weighted by atomic mass is 10.2. The van der Waals surface area contributed by atoms with Gasteiger partial charge in [-0.15, -0.1) is 0 Å². The van der Waals surface area contributed by atoms with Crippen molar-refractivity contribution in [1.82, 2.24) is 15.0 Å². The molecule has 17 heavy (non-hydrogen) atoms. The standard InChI is InChI=1S/C13H16N4/c1-10-9-16-11(2)13(17-10)15-8-6-12-5-3-4-7-14-12/h3-5,7,9H,6,8H2,1-2H3,(H,15,17). The molecule has 0 amide bonds. The van der Waals surface area contributed by atoms with Gasteiger partial charge in [0.1, 0.15) is 5.82 Å². The molecule has 0 saturated carbocycles. The number of anilines is 1. The Kier molecular flexibility index (Phi) is 3.65. The van der Waals surface area contributed by atoms with Crippen LogP contribution in [0.25, 0.3) is 0 Å². The van der Waals surface area contributed by atoms with Crippen molar-refractivity contribution in [3.05, 3.63) is 47.7 Å². The second-order valence-electron chi connectivity index (χ2n) is 3.94. The molecule has 0 bridgehead atoms. The van der Waals surface area contributed by atoms with E-state index in [1.54, 1.807) is 6.20 Å². The van der Waals surface area contributed by atoms with Gasteiger partial charge in [0.2, 0.25) is 0 Å². The molecular formula is C13H16N4. The fourth-order valence-corrected chi connectivity index (χ4v) is 1.56. The summed E-state index contributed by atoms with van der Waals surface area (Å²) in [4.78, 5) is 12.9. The zero-order chi connectivity index (χ0) is 12.1. The number of nitrogens with one attached hydrogen (secondary N) is 1. The van der Waals surface area contributed by atoms with E-state index in [-0.39, 0.29) is 0 Å². The molecule has 88 valence electrons. The zero-order valence-corrected chi connectivity index (χ0v) is 10.1. The first-order chi connectivity index (χ1) is 8.25. The second kappa shape index (κ2) is 5.39. The van der Waals surface area contributed by atoms with Crippen molar-refractivity contribution < 1.29 is 0 Å². The minimum absolute atomic E-state index is 0.815. The van der Waals surface area contributed by atoms with E-state index in [4.69, 9.17) is 0 Å². The molecule has 0 aliphatic carbocycles.